The first-order chi connectivity index (χ1) is 7.08. The molecule has 0 unspecified atom stereocenters. The molecule has 1 aromatic heterocycles. The normalized spacial score (nSPS) is 19.7. The SMILES string of the molecule is O=C(O)[C@@H]1CCc2nc(Cl)nc(Cl)c2C1. The molecule has 1 N–H and O–H groups in total. The van der Waals surface area contributed by atoms with Crippen LogP contribution in [0.5, 0.6) is 0 Å². The lowest BCUT2D eigenvalue weighted by molar-refractivity contribution is -0.142. The average molecular weight is 247 g/mol. The molecular weight excluding hydrogens is 239 g/mol. The second kappa shape index (κ2) is 3.94. The number of aliphatic carboxylic acids is 1. The van der Waals surface area contributed by atoms with E-state index in [2.05, 4.69) is 9.97 Å². The Hall–Kier alpha value is -0.870. The molecule has 4 nitrogen and oxygen atoms in total. The highest BCUT2D eigenvalue weighted by molar-refractivity contribution is 6.32. The van der Waals surface area contributed by atoms with Crippen LogP contribution >= 0.6 is 23.2 Å². The Morgan fingerprint density at radius 1 is 1.40 bits per heavy atom. The molecule has 1 atom stereocenters. The Labute approximate surface area is 96.3 Å². The van der Waals surface area contributed by atoms with Crippen molar-refractivity contribution in [2.24, 2.45) is 5.92 Å². The lowest BCUT2D eigenvalue weighted by Crippen LogP contribution is -2.23. The molecule has 6 heteroatoms. The van der Waals surface area contributed by atoms with Crippen molar-refractivity contribution in [3.63, 3.8) is 0 Å². The zero-order valence-electron chi connectivity index (χ0n) is 7.70. The highest BCUT2D eigenvalue weighted by atomic mass is 35.5. The highest BCUT2D eigenvalue weighted by Gasteiger charge is 2.27. The number of hydrogen-bond donors (Lipinski definition) is 1. The lowest BCUT2D eigenvalue weighted by atomic mass is 9.87. The standard InChI is InChI=1S/C9H8Cl2N2O2/c10-7-5-3-4(8(14)15)1-2-6(5)12-9(11)13-7/h4H,1-3H2,(H,14,15)/t4-/m1/s1. The van der Waals surface area contributed by atoms with Gasteiger partial charge in [-0.2, -0.15) is 0 Å². The lowest BCUT2D eigenvalue weighted by Gasteiger charge is -2.20. The third-order valence-corrected chi connectivity index (χ3v) is 3.03. The Morgan fingerprint density at radius 2 is 2.13 bits per heavy atom. The maximum Gasteiger partial charge on any atom is 0.306 e. The number of carbonyl (C=O) groups is 1. The van der Waals surface area contributed by atoms with Crippen LogP contribution in [0.3, 0.4) is 0 Å². The van der Waals surface area contributed by atoms with Gasteiger partial charge in [-0.3, -0.25) is 4.79 Å². The van der Waals surface area contributed by atoms with Gasteiger partial charge in [0.05, 0.1) is 11.6 Å². The Balaban J connectivity index is 2.37. The molecule has 0 fully saturated rings. The third kappa shape index (κ3) is 2.06. The smallest absolute Gasteiger partial charge is 0.306 e. The van der Waals surface area contributed by atoms with Crippen LogP contribution in [0.1, 0.15) is 17.7 Å². The van der Waals surface area contributed by atoms with Gasteiger partial charge in [-0.1, -0.05) is 11.6 Å². The maximum atomic E-state index is 10.8. The van der Waals surface area contributed by atoms with Crippen LogP contribution in [0, 0.1) is 5.92 Å². The van der Waals surface area contributed by atoms with Gasteiger partial charge in [-0.15, -0.1) is 0 Å². The topological polar surface area (TPSA) is 63.1 Å². The van der Waals surface area contributed by atoms with Crippen molar-refractivity contribution in [3.8, 4) is 0 Å². The van der Waals surface area contributed by atoms with Crippen molar-refractivity contribution in [1.29, 1.82) is 0 Å². The molecule has 80 valence electrons. The van der Waals surface area contributed by atoms with Crippen LogP contribution < -0.4 is 0 Å². The first-order valence-corrected chi connectivity index (χ1v) is 5.27. The van der Waals surface area contributed by atoms with Crippen molar-refractivity contribution in [2.45, 2.75) is 19.3 Å². The van der Waals surface area contributed by atoms with Crippen molar-refractivity contribution < 1.29 is 9.90 Å². The fourth-order valence-corrected chi connectivity index (χ4v) is 2.25. The monoisotopic (exact) mass is 246 g/mol. The fourth-order valence-electron chi connectivity index (χ4n) is 1.75. The van der Waals surface area contributed by atoms with Crippen molar-refractivity contribution in [2.75, 3.05) is 0 Å². The van der Waals surface area contributed by atoms with Crippen molar-refractivity contribution >= 4 is 29.2 Å². The van der Waals surface area contributed by atoms with Gasteiger partial charge in [0, 0.05) is 5.56 Å². The predicted molar refractivity (Wildman–Crippen MR) is 55.2 cm³/mol. The van der Waals surface area contributed by atoms with Crippen LogP contribution in [-0.4, -0.2) is 21.0 Å². The minimum Gasteiger partial charge on any atom is -0.481 e. The van der Waals surface area contributed by atoms with Gasteiger partial charge in [0.2, 0.25) is 5.28 Å². The predicted octanol–water partition coefficient (Wildman–Crippen LogP) is 1.97. The average Bonchev–Trinajstić information content (AvgIpc) is 2.16. The van der Waals surface area contributed by atoms with Gasteiger partial charge in [-0.25, -0.2) is 9.97 Å². The van der Waals surface area contributed by atoms with E-state index in [-0.39, 0.29) is 16.4 Å². The van der Waals surface area contributed by atoms with Gasteiger partial charge < -0.3 is 5.11 Å². The van der Waals surface area contributed by atoms with E-state index in [0.717, 1.165) is 11.3 Å². The number of carboxylic acids is 1. The molecule has 0 saturated heterocycles. The largest absolute Gasteiger partial charge is 0.481 e. The summed E-state index contributed by atoms with van der Waals surface area (Å²) in [6.45, 7) is 0. The molecule has 0 aliphatic heterocycles. The van der Waals surface area contributed by atoms with Crippen molar-refractivity contribution in [3.05, 3.63) is 21.7 Å². The van der Waals surface area contributed by atoms with E-state index in [1.54, 1.807) is 0 Å². The molecule has 0 aromatic carbocycles. The summed E-state index contributed by atoms with van der Waals surface area (Å²) in [6, 6.07) is 0. The number of hydrogen-bond acceptors (Lipinski definition) is 3. The summed E-state index contributed by atoms with van der Waals surface area (Å²) in [5.74, 6) is -1.19. The number of nitrogens with zero attached hydrogens (tertiary/aromatic N) is 2. The van der Waals surface area contributed by atoms with E-state index in [4.69, 9.17) is 28.3 Å². The summed E-state index contributed by atoms with van der Waals surface area (Å²) in [4.78, 5) is 18.7. The van der Waals surface area contributed by atoms with E-state index in [1.165, 1.54) is 0 Å². The molecule has 15 heavy (non-hydrogen) atoms. The van der Waals surface area contributed by atoms with E-state index in [1.807, 2.05) is 0 Å². The molecule has 0 amide bonds. The summed E-state index contributed by atoms with van der Waals surface area (Å²) in [7, 11) is 0. The maximum absolute atomic E-state index is 10.8. The van der Waals surface area contributed by atoms with E-state index >= 15 is 0 Å². The van der Waals surface area contributed by atoms with Gasteiger partial charge >= 0.3 is 5.97 Å². The summed E-state index contributed by atoms with van der Waals surface area (Å²) < 4.78 is 0. The molecule has 1 aliphatic rings. The summed E-state index contributed by atoms with van der Waals surface area (Å²) in [5, 5.41) is 9.29. The van der Waals surface area contributed by atoms with E-state index < -0.39 is 5.97 Å². The van der Waals surface area contributed by atoms with Gasteiger partial charge in [0.15, 0.2) is 0 Å². The highest BCUT2D eigenvalue weighted by Crippen LogP contribution is 2.29. The zero-order valence-corrected chi connectivity index (χ0v) is 9.22. The molecular formula is C9H8Cl2N2O2. The van der Waals surface area contributed by atoms with Crippen LogP contribution in [-0.2, 0) is 17.6 Å². The third-order valence-electron chi connectivity index (χ3n) is 2.54. The number of aromatic nitrogens is 2. The molecule has 1 aromatic rings. The quantitative estimate of drug-likeness (QED) is 0.608. The molecule has 0 spiro atoms. The van der Waals surface area contributed by atoms with Gasteiger partial charge in [-0.05, 0) is 30.9 Å². The van der Waals surface area contributed by atoms with E-state index in [9.17, 15) is 4.79 Å². The second-order valence-electron chi connectivity index (χ2n) is 3.49. The molecule has 0 bridgehead atoms. The number of rotatable bonds is 1. The molecule has 0 saturated carbocycles. The number of aryl methyl sites for hydroxylation is 1. The number of halogens is 2. The molecule has 2 rings (SSSR count). The minimum atomic E-state index is -0.799. The Morgan fingerprint density at radius 3 is 2.80 bits per heavy atom. The van der Waals surface area contributed by atoms with Crippen LogP contribution in [0.4, 0.5) is 0 Å². The zero-order chi connectivity index (χ0) is 11.0. The first-order valence-electron chi connectivity index (χ1n) is 4.51. The summed E-state index contributed by atoms with van der Waals surface area (Å²) in [6.07, 6.45) is 1.56. The number of fused-ring (bicyclic) bond motifs is 1. The fraction of sp³-hybridized carbons (Fsp3) is 0.444. The molecule has 0 radical (unpaired) electrons. The Kier molecular flexibility index (Phi) is 2.80. The van der Waals surface area contributed by atoms with Crippen LogP contribution in [0.2, 0.25) is 10.4 Å². The van der Waals surface area contributed by atoms with Gasteiger partial charge in [0.25, 0.3) is 0 Å². The molecule has 1 heterocycles. The van der Waals surface area contributed by atoms with E-state index in [0.29, 0.717) is 19.3 Å². The van der Waals surface area contributed by atoms with Crippen LogP contribution in [0.15, 0.2) is 0 Å². The van der Waals surface area contributed by atoms with Crippen molar-refractivity contribution in [1.82, 2.24) is 9.97 Å². The second-order valence-corrected chi connectivity index (χ2v) is 4.18. The minimum absolute atomic E-state index is 0.118. The first kappa shape index (κ1) is 10.6. The summed E-state index contributed by atoms with van der Waals surface area (Å²) in [5.41, 5.74) is 1.50. The summed E-state index contributed by atoms with van der Waals surface area (Å²) >= 11 is 11.5. The molecule has 1 aliphatic carbocycles. The van der Waals surface area contributed by atoms with Gasteiger partial charge in [0.1, 0.15) is 5.15 Å². The Bertz CT molecular complexity index is 423. The number of carboxylic acid groups (broad SMARTS) is 1. The van der Waals surface area contributed by atoms with Crippen LogP contribution in [0.25, 0.3) is 0 Å².